The minimum Gasteiger partial charge on any atom is -0.748 e. The maximum Gasteiger partial charge on any atom is 1.00 e. The molecule has 0 aromatic rings. The van der Waals surface area contributed by atoms with Gasteiger partial charge in [0.1, 0.15) is 0 Å². The standard InChI is InChI=1S/C18H38O4S.Na/c1-2-3-15-18(19)16-13-11-9-7-5-4-6-8-10-12-14-17-23(20,21)22;/h18-19H,2-17H2,1H3,(H,20,21,22);/q;+1/p-1. The molecule has 0 aromatic carbocycles. The molecule has 0 heterocycles. The van der Waals surface area contributed by atoms with Crippen molar-refractivity contribution in [3.63, 3.8) is 0 Å². The molecule has 1 unspecified atom stereocenters. The minimum absolute atomic E-state index is 0. The van der Waals surface area contributed by atoms with Crippen LogP contribution in [0.2, 0.25) is 0 Å². The van der Waals surface area contributed by atoms with Crippen LogP contribution in [-0.2, 0) is 10.1 Å². The van der Waals surface area contributed by atoms with Crippen molar-refractivity contribution in [3.8, 4) is 0 Å². The Hall–Kier alpha value is 0.870. The fourth-order valence-corrected chi connectivity index (χ4v) is 3.39. The van der Waals surface area contributed by atoms with E-state index in [1.54, 1.807) is 0 Å². The quantitative estimate of drug-likeness (QED) is 0.240. The monoisotopic (exact) mass is 372 g/mol. The van der Waals surface area contributed by atoms with Gasteiger partial charge in [-0.1, -0.05) is 84.0 Å². The molecule has 0 aliphatic rings. The maximum absolute atomic E-state index is 10.4. The summed E-state index contributed by atoms with van der Waals surface area (Å²) in [5, 5.41) is 9.74. The van der Waals surface area contributed by atoms with Gasteiger partial charge >= 0.3 is 29.6 Å². The van der Waals surface area contributed by atoms with Crippen LogP contribution in [0, 0.1) is 0 Å². The van der Waals surface area contributed by atoms with Crippen molar-refractivity contribution in [3.05, 3.63) is 0 Å². The molecule has 0 aliphatic carbocycles. The summed E-state index contributed by atoms with van der Waals surface area (Å²) in [7, 11) is -4.01. The van der Waals surface area contributed by atoms with E-state index in [2.05, 4.69) is 6.92 Å². The second kappa shape index (κ2) is 18.7. The average molecular weight is 373 g/mol. The molecule has 0 amide bonds. The Kier molecular flexibility index (Phi) is 21.1. The first kappa shape index (κ1) is 27.1. The molecule has 0 saturated carbocycles. The SMILES string of the molecule is CCCCC(O)CCCCCCCCCCCCCS(=O)(=O)[O-].[Na+]. The van der Waals surface area contributed by atoms with Gasteiger partial charge in [0.25, 0.3) is 0 Å². The van der Waals surface area contributed by atoms with Gasteiger partial charge in [-0.05, 0) is 19.3 Å². The molecular weight excluding hydrogens is 335 g/mol. The van der Waals surface area contributed by atoms with Gasteiger partial charge in [0.15, 0.2) is 0 Å². The number of rotatable bonds is 17. The van der Waals surface area contributed by atoms with E-state index < -0.39 is 10.1 Å². The summed E-state index contributed by atoms with van der Waals surface area (Å²) < 4.78 is 31.3. The van der Waals surface area contributed by atoms with Crippen LogP contribution in [0.5, 0.6) is 0 Å². The summed E-state index contributed by atoms with van der Waals surface area (Å²) in [4.78, 5) is 0. The fraction of sp³-hybridized carbons (Fsp3) is 1.00. The minimum atomic E-state index is -4.01. The van der Waals surface area contributed by atoms with Gasteiger partial charge in [0, 0.05) is 5.75 Å². The largest absolute Gasteiger partial charge is 1.00 e. The van der Waals surface area contributed by atoms with Crippen LogP contribution in [0.25, 0.3) is 0 Å². The Morgan fingerprint density at radius 1 is 0.750 bits per heavy atom. The Morgan fingerprint density at radius 3 is 1.54 bits per heavy atom. The summed E-state index contributed by atoms with van der Waals surface area (Å²) in [6.45, 7) is 2.16. The van der Waals surface area contributed by atoms with Gasteiger partial charge in [0.05, 0.1) is 16.2 Å². The van der Waals surface area contributed by atoms with Crippen LogP contribution >= 0.6 is 0 Å². The van der Waals surface area contributed by atoms with Crippen molar-refractivity contribution in [2.24, 2.45) is 0 Å². The van der Waals surface area contributed by atoms with Crippen LogP contribution in [0.15, 0.2) is 0 Å². The number of aliphatic hydroxyl groups excluding tert-OH is 1. The second-order valence-corrected chi connectivity index (χ2v) is 8.26. The summed E-state index contributed by atoms with van der Waals surface area (Å²) >= 11 is 0. The molecule has 0 bridgehead atoms. The van der Waals surface area contributed by atoms with Crippen LogP contribution < -0.4 is 29.6 Å². The van der Waals surface area contributed by atoms with Crippen molar-refractivity contribution in [2.45, 2.75) is 109 Å². The van der Waals surface area contributed by atoms with E-state index in [9.17, 15) is 18.1 Å². The zero-order valence-corrected chi connectivity index (χ0v) is 18.8. The Balaban J connectivity index is 0. The summed E-state index contributed by atoms with van der Waals surface area (Å²) in [5.74, 6) is -0.208. The van der Waals surface area contributed by atoms with E-state index in [-0.39, 0.29) is 41.4 Å². The zero-order valence-electron chi connectivity index (χ0n) is 16.0. The van der Waals surface area contributed by atoms with Gasteiger partial charge in [-0.3, -0.25) is 0 Å². The summed E-state index contributed by atoms with van der Waals surface area (Å²) in [5.41, 5.74) is 0. The van der Waals surface area contributed by atoms with E-state index in [4.69, 9.17) is 0 Å². The van der Waals surface area contributed by atoms with Crippen molar-refractivity contribution in [2.75, 3.05) is 5.75 Å². The first-order valence-corrected chi connectivity index (χ1v) is 11.1. The molecule has 140 valence electrons. The summed E-state index contributed by atoms with van der Waals surface area (Å²) in [6.07, 6.45) is 16.3. The van der Waals surface area contributed by atoms with Crippen molar-refractivity contribution in [1.82, 2.24) is 0 Å². The Morgan fingerprint density at radius 2 is 1.12 bits per heavy atom. The van der Waals surface area contributed by atoms with Gasteiger partial charge < -0.3 is 9.66 Å². The molecule has 0 aliphatic heterocycles. The molecule has 0 rings (SSSR count). The molecule has 0 aromatic heterocycles. The number of unbranched alkanes of at least 4 members (excludes halogenated alkanes) is 11. The molecule has 0 fully saturated rings. The first-order valence-electron chi connectivity index (χ1n) is 9.57. The van der Waals surface area contributed by atoms with E-state index in [0.29, 0.717) is 6.42 Å². The van der Waals surface area contributed by atoms with E-state index >= 15 is 0 Å². The fourth-order valence-electron chi connectivity index (χ4n) is 2.83. The van der Waals surface area contributed by atoms with Crippen LogP contribution in [0.1, 0.15) is 103 Å². The third-order valence-electron chi connectivity index (χ3n) is 4.32. The topological polar surface area (TPSA) is 77.4 Å². The molecule has 4 nitrogen and oxygen atoms in total. The normalized spacial score (nSPS) is 12.8. The Labute approximate surface area is 172 Å². The molecule has 24 heavy (non-hydrogen) atoms. The van der Waals surface area contributed by atoms with Crippen molar-refractivity contribution in [1.29, 1.82) is 0 Å². The molecule has 0 spiro atoms. The predicted molar refractivity (Wildman–Crippen MR) is 95.5 cm³/mol. The second-order valence-electron chi connectivity index (χ2n) is 6.74. The van der Waals surface area contributed by atoms with Gasteiger partial charge in [0.2, 0.25) is 0 Å². The molecule has 6 heteroatoms. The van der Waals surface area contributed by atoms with Crippen molar-refractivity contribution < 1.29 is 47.6 Å². The molecule has 1 atom stereocenters. The van der Waals surface area contributed by atoms with Gasteiger partial charge in [-0.15, -0.1) is 0 Å². The Bertz CT molecular complexity index is 347. The van der Waals surface area contributed by atoms with Crippen LogP contribution in [0.3, 0.4) is 0 Å². The van der Waals surface area contributed by atoms with Gasteiger partial charge in [-0.25, -0.2) is 8.42 Å². The number of aliphatic hydroxyl groups is 1. The van der Waals surface area contributed by atoms with E-state index in [1.165, 1.54) is 38.5 Å². The molecule has 0 radical (unpaired) electrons. The van der Waals surface area contributed by atoms with E-state index in [1.807, 2.05) is 0 Å². The number of hydrogen-bond donors (Lipinski definition) is 1. The van der Waals surface area contributed by atoms with Gasteiger partial charge in [-0.2, -0.15) is 0 Å². The van der Waals surface area contributed by atoms with Crippen LogP contribution in [0.4, 0.5) is 0 Å². The number of hydrogen-bond acceptors (Lipinski definition) is 4. The molecular formula is C18H37NaO4S. The first-order chi connectivity index (χ1) is 11.0. The van der Waals surface area contributed by atoms with E-state index in [0.717, 1.165) is 51.4 Å². The smallest absolute Gasteiger partial charge is 0.748 e. The third-order valence-corrected chi connectivity index (χ3v) is 5.11. The predicted octanol–water partition coefficient (Wildman–Crippen LogP) is 1.77. The van der Waals surface area contributed by atoms with Crippen LogP contribution in [-0.4, -0.2) is 29.9 Å². The average Bonchev–Trinajstić information content (AvgIpc) is 2.48. The van der Waals surface area contributed by atoms with Crippen molar-refractivity contribution >= 4 is 10.1 Å². The third kappa shape index (κ3) is 22.9. The maximum atomic E-state index is 10.4. The molecule has 1 N–H and O–H groups in total. The zero-order chi connectivity index (χ0) is 17.4. The summed E-state index contributed by atoms with van der Waals surface area (Å²) in [6, 6.07) is 0. The molecule has 0 saturated heterocycles.